The van der Waals surface area contributed by atoms with Gasteiger partial charge in [-0.05, 0) is 43.7 Å². The van der Waals surface area contributed by atoms with Gasteiger partial charge < -0.3 is 10.1 Å². The number of nitrogens with one attached hydrogen (secondary N) is 1. The Morgan fingerprint density at radius 2 is 1.84 bits per heavy atom. The highest BCUT2D eigenvalue weighted by Crippen LogP contribution is 2.34. The van der Waals surface area contributed by atoms with Crippen LogP contribution in [-0.4, -0.2) is 12.0 Å². The number of hydrogen-bond acceptors (Lipinski definition) is 2. The van der Waals surface area contributed by atoms with E-state index in [2.05, 4.69) is 5.32 Å². The molecule has 134 valence electrons. The van der Waals surface area contributed by atoms with Crippen molar-refractivity contribution in [1.82, 2.24) is 0 Å². The summed E-state index contributed by atoms with van der Waals surface area (Å²) in [5, 5.41) is 2.43. The number of hydrogen-bond donors (Lipinski definition) is 1. The second kappa shape index (κ2) is 7.78. The first-order valence-corrected chi connectivity index (χ1v) is 7.99. The maximum atomic E-state index is 12.8. The lowest BCUT2D eigenvalue weighted by molar-refractivity contribution is -0.137. The van der Waals surface area contributed by atoms with Crippen molar-refractivity contribution in [3.8, 4) is 5.75 Å². The summed E-state index contributed by atoms with van der Waals surface area (Å²) in [6, 6.07) is 9.89. The molecule has 0 spiro atoms. The lowest BCUT2D eigenvalue weighted by atomic mass is 10.1. The maximum Gasteiger partial charge on any atom is 0.416 e. The van der Waals surface area contributed by atoms with E-state index in [4.69, 9.17) is 16.3 Å². The van der Waals surface area contributed by atoms with Gasteiger partial charge in [-0.2, -0.15) is 13.2 Å². The Bertz CT molecular complexity index is 745. The van der Waals surface area contributed by atoms with Crippen LogP contribution in [0.25, 0.3) is 0 Å². The number of ether oxygens (including phenoxy) is 1. The van der Waals surface area contributed by atoms with Crippen molar-refractivity contribution in [2.24, 2.45) is 0 Å². The molecule has 0 heterocycles. The molecule has 0 aromatic heterocycles. The van der Waals surface area contributed by atoms with Gasteiger partial charge in [-0.15, -0.1) is 0 Å². The van der Waals surface area contributed by atoms with E-state index in [-0.39, 0.29) is 10.7 Å². The Hall–Kier alpha value is -2.21. The maximum absolute atomic E-state index is 12.8. The van der Waals surface area contributed by atoms with Gasteiger partial charge in [-0.3, -0.25) is 4.79 Å². The molecular weight excluding hydrogens is 355 g/mol. The van der Waals surface area contributed by atoms with Gasteiger partial charge in [0.15, 0.2) is 6.10 Å². The highest BCUT2D eigenvalue weighted by atomic mass is 35.5. The van der Waals surface area contributed by atoms with Gasteiger partial charge in [0.2, 0.25) is 0 Å². The zero-order valence-electron chi connectivity index (χ0n) is 13.7. The molecule has 0 fully saturated rings. The molecule has 25 heavy (non-hydrogen) atoms. The van der Waals surface area contributed by atoms with Crippen molar-refractivity contribution in [3.63, 3.8) is 0 Å². The Kier molecular flexibility index (Phi) is 5.95. The summed E-state index contributed by atoms with van der Waals surface area (Å²) >= 11 is 5.89. The van der Waals surface area contributed by atoms with Crippen LogP contribution < -0.4 is 10.1 Å². The molecule has 0 bridgehead atoms. The molecule has 2 aromatic rings. The number of carbonyl (C=O) groups is 1. The van der Waals surface area contributed by atoms with E-state index in [1.54, 1.807) is 19.1 Å². The van der Waals surface area contributed by atoms with Crippen molar-refractivity contribution in [1.29, 1.82) is 0 Å². The van der Waals surface area contributed by atoms with E-state index in [0.29, 0.717) is 12.2 Å². The highest BCUT2D eigenvalue weighted by molar-refractivity contribution is 6.33. The smallest absolute Gasteiger partial charge is 0.416 e. The molecule has 2 aromatic carbocycles. The molecule has 0 aliphatic carbocycles. The SMILES string of the molecule is CCC(Oc1ccc(C)cc1)C(=O)Nc1cc(C(F)(F)F)ccc1Cl. The first-order chi connectivity index (χ1) is 11.7. The van der Waals surface area contributed by atoms with Crippen molar-refractivity contribution in [2.75, 3.05) is 5.32 Å². The van der Waals surface area contributed by atoms with Gasteiger partial charge in [0.25, 0.3) is 5.91 Å². The van der Waals surface area contributed by atoms with Crippen LogP contribution in [0.15, 0.2) is 42.5 Å². The average molecular weight is 372 g/mol. The first kappa shape index (κ1) is 19.1. The van der Waals surface area contributed by atoms with Crippen LogP contribution in [0.1, 0.15) is 24.5 Å². The van der Waals surface area contributed by atoms with E-state index < -0.39 is 23.8 Å². The highest BCUT2D eigenvalue weighted by Gasteiger charge is 2.31. The number of benzene rings is 2. The quantitative estimate of drug-likeness (QED) is 0.757. The summed E-state index contributed by atoms with van der Waals surface area (Å²) in [6.07, 6.45) is -5.03. The summed E-state index contributed by atoms with van der Waals surface area (Å²) in [7, 11) is 0. The molecule has 1 N–H and O–H groups in total. The minimum absolute atomic E-state index is 0.0199. The minimum atomic E-state index is -4.52. The van der Waals surface area contributed by atoms with Gasteiger partial charge in [-0.1, -0.05) is 36.2 Å². The Balaban J connectivity index is 2.15. The average Bonchev–Trinajstić information content (AvgIpc) is 2.55. The van der Waals surface area contributed by atoms with Crippen LogP contribution in [-0.2, 0) is 11.0 Å². The largest absolute Gasteiger partial charge is 0.481 e. The number of aryl methyl sites for hydroxylation is 1. The van der Waals surface area contributed by atoms with Crippen LogP contribution in [0, 0.1) is 6.92 Å². The third-order valence-corrected chi connectivity index (χ3v) is 3.84. The molecule has 0 radical (unpaired) electrons. The van der Waals surface area contributed by atoms with Crippen molar-refractivity contribution in [3.05, 3.63) is 58.6 Å². The van der Waals surface area contributed by atoms with Gasteiger partial charge in [0, 0.05) is 0 Å². The third-order valence-electron chi connectivity index (χ3n) is 3.51. The Labute approximate surface area is 148 Å². The number of rotatable bonds is 5. The summed E-state index contributed by atoms with van der Waals surface area (Å²) in [4.78, 5) is 12.4. The fourth-order valence-corrected chi connectivity index (χ4v) is 2.28. The van der Waals surface area contributed by atoms with Crippen LogP contribution in [0.3, 0.4) is 0 Å². The van der Waals surface area contributed by atoms with Gasteiger partial charge in [0.1, 0.15) is 5.75 Å². The Morgan fingerprint density at radius 1 is 1.20 bits per heavy atom. The van der Waals surface area contributed by atoms with E-state index >= 15 is 0 Å². The lowest BCUT2D eigenvalue weighted by Gasteiger charge is -2.18. The summed E-state index contributed by atoms with van der Waals surface area (Å²) in [5.74, 6) is -0.0629. The number of alkyl halides is 3. The zero-order chi connectivity index (χ0) is 18.6. The fraction of sp³-hybridized carbons (Fsp3) is 0.278. The molecule has 1 amide bonds. The molecule has 0 aliphatic heterocycles. The van der Waals surface area contributed by atoms with Crippen LogP contribution in [0.5, 0.6) is 5.75 Å². The normalized spacial score (nSPS) is 12.6. The van der Waals surface area contributed by atoms with Gasteiger partial charge >= 0.3 is 6.18 Å². The molecule has 0 saturated carbocycles. The topological polar surface area (TPSA) is 38.3 Å². The zero-order valence-corrected chi connectivity index (χ0v) is 14.4. The van der Waals surface area contributed by atoms with Gasteiger partial charge in [-0.25, -0.2) is 0 Å². The molecule has 1 unspecified atom stereocenters. The minimum Gasteiger partial charge on any atom is -0.481 e. The second-order valence-electron chi connectivity index (χ2n) is 5.51. The fourth-order valence-electron chi connectivity index (χ4n) is 2.11. The van der Waals surface area contributed by atoms with E-state index in [1.165, 1.54) is 0 Å². The predicted octanol–water partition coefficient (Wildman–Crippen LogP) is 5.46. The number of carbonyl (C=O) groups excluding carboxylic acids is 1. The Morgan fingerprint density at radius 3 is 2.40 bits per heavy atom. The number of amides is 1. The molecule has 2 rings (SSSR count). The number of halogens is 4. The lowest BCUT2D eigenvalue weighted by Crippen LogP contribution is -2.32. The van der Waals surface area contributed by atoms with Crippen molar-refractivity contribution < 1.29 is 22.7 Å². The van der Waals surface area contributed by atoms with Crippen molar-refractivity contribution in [2.45, 2.75) is 32.5 Å². The van der Waals surface area contributed by atoms with Crippen LogP contribution in [0.4, 0.5) is 18.9 Å². The summed E-state index contributed by atoms with van der Waals surface area (Å²) in [5.41, 5.74) is 0.0488. The van der Waals surface area contributed by atoms with E-state index in [9.17, 15) is 18.0 Å². The third kappa shape index (κ3) is 5.13. The predicted molar refractivity (Wildman–Crippen MR) is 91.0 cm³/mol. The standard InChI is InChI=1S/C18H17ClF3NO2/c1-3-16(25-13-7-4-11(2)5-8-13)17(24)23-15-10-12(18(20,21)22)6-9-14(15)19/h4-10,16H,3H2,1-2H3,(H,23,24). The first-order valence-electron chi connectivity index (χ1n) is 7.61. The summed E-state index contributed by atoms with van der Waals surface area (Å²) < 4.78 is 44.0. The monoisotopic (exact) mass is 371 g/mol. The molecule has 1 atom stereocenters. The van der Waals surface area contributed by atoms with Crippen LogP contribution in [0.2, 0.25) is 5.02 Å². The van der Waals surface area contributed by atoms with Gasteiger partial charge in [0.05, 0.1) is 16.3 Å². The molecule has 3 nitrogen and oxygen atoms in total. The summed E-state index contributed by atoms with van der Waals surface area (Å²) in [6.45, 7) is 3.66. The molecule has 0 aliphatic rings. The number of anilines is 1. The molecular formula is C18H17ClF3NO2. The van der Waals surface area contributed by atoms with Crippen molar-refractivity contribution >= 4 is 23.2 Å². The molecule has 7 heteroatoms. The molecule has 0 saturated heterocycles. The van der Waals surface area contributed by atoms with Crippen LogP contribution >= 0.6 is 11.6 Å². The van der Waals surface area contributed by atoms with E-state index in [1.807, 2.05) is 19.1 Å². The van der Waals surface area contributed by atoms with E-state index in [0.717, 1.165) is 23.8 Å². The second-order valence-corrected chi connectivity index (χ2v) is 5.92.